The monoisotopic (exact) mass is 428 g/mol. The number of allylic oxidation sites excluding steroid dienone is 3. The van der Waals surface area contributed by atoms with Crippen molar-refractivity contribution >= 4 is 29.0 Å². The van der Waals surface area contributed by atoms with E-state index in [4.69, 9.17) is 38.1 Å². The Balaban J connectivity index is 1.84. The fraction of sp³-hybridized carbons (Fsp3) is 0.273. The number of carbonyl (C=O) groups is 1. The molecule has 1 atom stereocenters. The highest BCUT2D eigenvalue weighted by Gasteiger charge is 2.44. The van der Waals surface area contributed by atoms with Gasteiger partial charge in [0.1, 0.15) is 28.9 Å². The number of halogens is 2. The summed E-state index contributed by atoms with van der Waals surface area (Å²) < 4.78 is 11.7. The minimum absolute atomic E-state index is 0.000452. The van der Waals surface area contributed by atoms with Crippen molar-refractivity contribution in [3.05, 3.63) is 68.9 Å². The molecule has 1 aromatic carbocycles. The van der Waals surface area contributed by atoms with Gasteiger partial charge in [0.05, 0.1) is 16.0 Å². The number of ketones is 1. The Morgan fingerprint density at radius 2 is 1.97 bits per heavy atom. The molecule has 2 heterocycles. The minimum Gasteiger partial charge on any atom is -0.460 e. The molecule has 7 heteroatoms. The number of hydrogen-bond acceptors (Lipinski definition) is 5. The van der Waals surface area contributed by atoms with Crippen LogP contribution in [0.4, 0.5) is 0 Å². The Morgan fingerprint density at radius 3 is 2.69 bits per heavy atom. The smallest absolute Gasteiger partial charge is 0.205 e. The summed E-state index contributed by atoms with van der Waals surface area (Å²) >= 11 is 12.4. The first-order valence-electron chi connectivity index (χ1n) is 9.10. The van der Waals surface area contributed by atoms with Crippen molar-refractivity contribution in [2.75, 3.05) is 0 Å². The van der Waals surface area contributed by atoms with Crippen LogP contribution in [0, 0.1) is 16.7 Å². The van der Waals surface area contributed by atoms with Crippen molar-refractivity contribution < 1.29 is 13.9 Å². The average molecular weight is 429 g/mol. The normalized spacial score (nSPS) is 20.9. The van der Waals surface area contributed by atoms with Crippen LogP contribution in [-0.2, 0) is 9.53 Å². The summed E-state index contributed by atoms with van der Waals surface area (Å²) in [5.41, 5.74) is 7.01. The van der Waals surface area contributed by atoms with E-state index in [2.05, 4.69) is 6.07 Å². The van der Waals surface area contributed by atoms with Gasteiger partial charge in [-0.2, -0.15) is 5.26 Å². The molecule has 2 aromatic rings. The molecule has 0 spiro atoms. The predicted octanol–water partition coefficient (Wildman–Crippen LogP) is 5.70. The Labute approximate surface area is 178 Å². The lowest BCUT2D eigenvalue weighted by molar-refractivity contribution is -0.119. The molecule has 2 aliphatic rings. The molecule has 0 amide bonds. The van der Waals surface area contributed by atoms with Crippen molar-refractivity contribution in [1.82, 2.24) is 0 Å². The number of carbonyl (C=O) groups excluding carboxylic acids is 1. The molecule has 0 unspecified atom stereocenters. The van der Waals surface area contributed by atoms with Crippen LogP contribution < -0.4 is 5.73 Å². The lowest BCUT2D eigenvalue weighted by Crippen LogP contribution is -2.33. The summed E-state index contributed by atoms with van der Waals surface area (Å²) in [5.74, 6) is 0.645. The number of Topliss-reactive ketones (excluding diaryl/α,β-unsaturated/α-hetero) is 1. The third kappa shape index (κ3) is 3.33. The van der Waals surface area contributed by atoms with Gasteiger partial charge in [-0.05, 0) is 29.7 Å². The Morgan fingerprint density at radius 1 is 1.21 bits per heavy atom. The van der Waals surface area contributed by atoms with Crippen LogP contribution in [0.15, 0.2) is 57.5 Å². The summed E-state index contributed by atoms with van der Waals surface area (Å²) in [6, 6.07) is 10.8. The lowest BCUT2D eigenvalue weighted by atomic mass is 9.71. The summed E-state index contributed by atoms with van der Waals surface area (Å²) in [6.45, 7) is 4.00. The van der Waals surface area contributed by atoms with E-state index >= 15 is 0 Å². The van der Waals surface area contributed by atoms with Gasteiger partial charge in [-0.25, -0.2) is 0 Å². The first-order valence-corrected chi connectivity index (χ1v) is 9.85. The topological polar surface area (TPSA) is 89.2 Å². The van der Waals surface area contributed by atoms with E-state index in [9.17, 15) is 10.1 Å². The molecule has 5 nitrogen and oxygen atoms in total. The Kier molecular flexibility index (Phi) is 4.72. The second-order valence-electron chi connectivity index (χ2n) is 8.01. The maximum Gasteiger partial charge on any atom is 0.205 e. The van der Waals surface area contributed by atoms with Crippen LogP contribution in [0.3, 0.4) is 0 Å². The van der Waals surface area contributed by atoms with E-state index < -0.39 is 5.92 Å². The van der Waals surface area contributed by atoms with E-state index in [1.165, 1.54) is 0 Å². The summed E-state index contributed by atoms with van der Waals surface area (Å²) in [4.78, 5) is 13.0. The number of nitriles is 1. The van der Waals surface area contributed by atoms with E-state index in [1.54, 1.807) is 30.3 Å². The molecule has 2 N–H and O–H groups in total. The van der Waals surface area contributed by atoms with Crippen molar-refractivity contribution in [3.63, 3.8) is 0 Å². The van der Waals surface area contributed by atoms with Crippen LogP contribution in [0.25, 0.3) is 11.3 Å². The van der Waals surface area contributed by atoms with Gasteiger partial charge in [0.15, 0.2) is 5.78 Å². The zero-order chi connectivity index (χ0) is 20.9. The lowest BCUT2D eigenvalue weighted by Gasteiger charge is -2.36. The molecule has 0 saturated carbocycles. The highest BCUT2D eigenvalue weighted by Crippen LogP contribution is 2.48. The number of ether oxygens (including phenoxy) is 1. The molecule has 0 bridgehead atoms. The summed E-state index contributed by atoms with van der Waals surface area (Å²) in [5, 5.41) is 10.5. The second-order valence-corrected chi connectivity index (χ2v) is 8.79. The number of furan rings is 1. The number of rotatable bonds is 2. The molecule has 0 fully saturated rings. The van der Waals surface area contributed by atoms with Crippen molar-refractivity contribution in [1.29, 1.82) is 5.26 Å². The number of nitrogens with two attached hydrogens (primary N) is 1. The number of benzene rings is 1. The maximum atomic E-state index is 13.0. The van der Waals surface area contributed by atoms with Crippen LogP contribution >= 0.6 is 23.2 Å². The van der Waals surface area contributed by atoms with Gasteiger partial charge in [0.25, 0.3) is 0 Å². The molecule has 0 saturated heterocycles. The van der Waals surface area contributed by atoms with Crippen LogP contribution in [0.5, 0.6) is 0 Å². The molecule has 1 aliphatic heterocycles. The zero-order valence-electron chi connectivity index (χ0n) is 15.9. The SMILES string of the molecule is CC1(C)CC(=O)C2=C(C1)OC(N)=C(C#N)[C@@H]2c1ccc(-c2cccc(Cl)c2Cl)o1. The molecule has 4 rings (SSSR count). The van der Waals surface area contributed by atoms with Crippen LogP contribution in [0.1, 0.15) is 38.4 Å². The highest BCUT2D eigenvalue weighted by atomic mass is 35.5. The highest BCUT2D eigenvalue weighted by molar-refractivity contribution is 6.43. The Hall–Kier alpha value is -2.68. The van der Waals surface area contributed by atoms with E-state index in [-0.39, 0.29) is 22.7 Å². The van der Waals surface area contributed by atoms with Gasteiger partial charge < -0.3 is 14.9 Å². The molecule has 29 heavy (non-hydrogen) atoms. The third-order valence-corrected chi connectivity index (χ3v) is 6.02. The van der Waals surface area contributed by atoms with Crippen molar-refractivity contribution in [2.45, 2.75) is 32.6 Å². The van der Waals surface area contributed by atoms with Gasteiger partial charge in [-0.15, -0.1) is 0 Å². The molecular weight excluding hydrogens is 411 g/mol. The molecule has 1 aliphatic carbocycles. The number of hydrogen-bond donors (Lipinski definition) is 1. The van der Waals surface area contributed by atoms with Gasteiger partial charge in [0, 0.05) is 24.0 Å². The molecule has 0 radical (unpaired) electrons. The van der Waals surface area contributed by atoms with Gasteiger partial charge in [-0.1, -0.05) is 43.1 Å². The largest absolute Gasteiger partial charge is 0.460 e. The predicted molar refractivity (Wildman–Crippen MR) is 110 cm³/mol. The first-order chi connectivity index (χ1) is 13.7. The number of nitrogens with zero attached hydrogens (tertiary/aromatic N) is 1. The molecular formula is C22H18Cl2N2O3. The van der Waals surface area contributed by atoms with Crippen LogP contribution in [0.2, 0.25) is 10.0 Å². The standard InChI is InChI=1S/C22H18Cl2N2O3/c1-22(2)8-14(27)19-17(9-22)29-21(26)12(10-25)18(19)16-7-6-15(28-16)11-4-3-5-13(23)20(11)24/h3-7,18H,8-9,26H2,1-2H3/t18-/m1/s1. The van der Waals surface area contributed by atoms with Gasteiger partial charge >= 0.3 is 0 Å². The first kappa shape index (κ1) is 19.6. The van der Waals surface area contributed by atoms with E-state index in [0.29, 0.717) is 51.3 Å². The quantitative estimate of drug-likeness (QED) is 0.661. The van der Waals surface area contributed by atoms with Gasteiger partial charge in [0.2, 0.25) is 5.88 Å². The van der Waals surface area contributed by atoms with Crippen molar-refractivity contribution in [3.8, 4) is 17.4 Å². The van der Waals surface area contributed by atoms with Crippen LogP contribution in [-0.4, -0.2) is 5.78 Å². The fourth-order valence-corrected chi connectivity index (χ4v) is 4.31. The second kappa shape index (κ2) is 6.98. The third-order valence-electron chi connectivity index (χ3n) is 5.20. The average Bonchev–Trinajstić information content (AvgIpc) is 3.11. The molecule has 1 aromatic heterocycles. The summed E-state index contributed by atoms with van der Waals surface area (Å²) in [7, 11) is 0. The Bertz CT molecular complexity index is 1140. The molecule has 148 valence electrons. The summed E-state index contributed by atoms with van der Waals surface area (Å²) in [6.07, 6.45) is 0.912. The van der Waals surface area contributed by atoms with Gasteiger partial charge in [-0.3, -0.25) is 4.79 Å². The van der Waals surface area contributed by atoms with Crippen molar-refractivity contribution in [2.24, 2.45) is 11.1 Å². The minimum atomic E-state index is -0.709. The fourth-order valence-electron chi connectivity index (χ4n) is 3.92. The maximum absolute atomic E-state index is 13.0. The van der Waals surface area contributed by atoms with E-state index in [1.807, 2.05) is 13.8 Å². The zero-order valence-corrected chi connectivity index (χ0v) is 17.4. The van der Waals surface area contributed by atoms with E-state index in [0.717, 1.165) is 0 Å².